The lowest BCUT2D eigenvalue weighted by Gasteiger charge is -2.20. The molecule has 40 heavy (non-hydrogen) atoms. The number of carbonyl (C=O) groups excluding carboxylic acids is 7. The third kappa shape index (κ3) is 17.0. The molecule has 0 aromatic heterocycles. The van der Waals surface area contributed by atoms with Crippen LogP contribution in [0.15, 0.2) is 0 Å². The van der Waals surface area contributed by atoms with Crippen LogP contribution in [0.4, 0.5) is 0 Å². The first-order valence-corrected chi connectivity index (χ1v) is 13.5. The van der Waals surface area contributed by atoms with Gasteiger partial charge >= 0.3 is 0 Å². The lowest BCUT2D eigenvalue weighted by atomic mass is 10.1. The molecule has 0 fully saturated rings. The Balaban J connectivity index is 4.35. The molecule has 0 saturated heterocycles. The largest absolute Gasteiger partial charge is 0.370 e. The highest BCUT2D eigenvalue weighted by atomic mass is 16.2. The Bertz CT molecular complexity index is 912. The van der Waals surface area contributed by atoms with E-state index in [1.54, 1.807) is 41.5 Å². The maximum absolute atomic E-state index is 12.5. The Morgan fingerprint density at radius 2 is 0.825 bits per heavy atom. The highest BCUT2D eigenvalue weighted by Crippen LogP contribution is 2.01. The Labute approximate surface area is 236 Å². The number of nitrogens with two attached hydrogens (primary N) is 1. The monoisotopic (exact) mass is 569 g/mol. The highest BCUT2D eigenvalue weighted by molar-refractivity contribution is 5.84. The van der Waals surface area contributed by atoms with Crippen LogP contribution in [0.25, 0.3) is 0 Å². The summed E-state index contributed by atoms with van der Waals surface area (Å²) in [4.78, 5) is 83.1. The lowest BCUT2D eigenvalue weighted by molar-refractivity contribution is -0.128. The zero-order valence-electron chi connectivity index (χ0n) is 24.6. The second-order valence-corrected chi connectivity index (χ2v) is 10.6. The van der Waals surface area contributed by atoms with Crippen LogP contribution >= 0.6 is 0 Å². The molecule has 0 aliphatic rings. The van der Waals surface area contributed by atoms with E-state index in [0.717, 1.165) is 0 Å². The van der Waals surface area contributed by atoms with Crippen molar-refractivity contribution in [2.24, 2.45) is 23.5 Å². The molecule has 6 atom stereocenters. The van der Waals surface area contributed by atoms with Gasteiger partial charge in [-0.15, -0.1) is 0 Å². The number of hydrogen-bond donors (Lipinski definition) is 7. The number of amides is 7. The summed E-state index contributed by atoms with van der Waals surface area (Å²) in [5.41, 5.74) is 5.11. The summed E-state index contributed by atoms with van der Waals surface area (Å²) in [5.74, 6) is -3.94. The fourth-order valence-electron chi connectivity index (χ4n) is 3.42. The molecule has 0 rings (SSSR count). The molecule has 0 bridgehead atoms. The number of primary amides is 1. The van der Waals surface area contributed by atoms with E-state index in [4.69, 9.17) is 5.73 Å². The first-order chi connectivity index (χ1) is 18.5. The van der Waals surface area contributed by atoms with Crippen LogP contribution in [-0.4, -0.2) is 79.1 Å². The van der Waals surface area contributed by atoms with E-state index in [-0.39, 0.29) is 74.3 Å². The molecule has 0 spiro atoms. The van der Waals surface area contributed by atoms with Gasteiger partial charge in [-0.2, -0.15) is 0 Å². The van der Waals surface area contributed by atoms with E-state index >= 15 is 0 Å². The molecule has 0 aliphatic carbocycles. The first kappa shape index (κ1) is 36.3. The summed E-state index contributed by atoms with van der Waals surface area (Å²) >= 11 is 0. The van der Waals surface area contributed by atoms with Gasteiger partial charge in [-0.05, 0) is 20.8 Å². The van der Waals surface area contributed by atoms with Crippen LogP contribution in [0, 0.1) is 17.8 Å². The van der Waals surface area contributed by atoms with Crippen LogP contribution in [0.3, 0.4) is 0 Å². The summed E-state index contributed by atoms with van der Waals surface area (Å²) < 4.78 is 0. The molecule has 0 aliphatic heterocycles. The van der Waals surface area contributed by atoms with Crippen molar-refractivity contribution in [3.8, 4) is 0 Å². The predicted octanol–water partition coefficient (Wildman–Crippen LogP) is -1.57. The van der Waals surface area contributed by atoms with Gasteiger partial charge in [-0.1, -0.05) is 20.8 Å². The van der Waals surface area contributed by atoms with Gasteiger partial charge in [0, 0.05) is 63.9 Å². The van der Waals surface area contributed by atoms with Gasteiger partial charge in [-0.3, -0.25) is 33.6 Å². The minimum absolute atomic E-state index is 0.00515. The smallest absolute Gasteiger partial charge is 0.224 e. The fourth-order valence-corrected chi connectivity index (χ4v) is 3.42. The minimum Gasteiger partial charge on any atom is -0.370 e. The van der Waals surface area contributed by atoms with E-state index in [9.17, 15) is 33.6 Å². The Hall–Kier alpha value is -3.71. The van der Waals surface area contributed by atoms with Gasteiger partial charge in [-0.25, -0.2) is 0 Å². The van der Waals surface area contributed by atoms with Gasteiger partial charge in [0.25, 0.3) is 0 Å². The zero-order valence-corrected chi connectivity index (χ0v) is 24.6. The van der Waals surface area contributed by atoms with Crippen molar-refractivity contribution in [1.29, 1.82) is 0 Å². The fraction of sp³-hybridized carbons (Fsp3) is 0.731. The Morgan fingerprint density at radius 1 is 0.525 bits per heavy atom. The normalized spacial score (nSPS) is 15.2. The van der Waals surface area contributed by atoms with Crippen LogP contribution in [0.2, 0.25) is 0 Å². The molecular weight excluding hydrogens is 522 g/mol. The van der Waals surface area contributed by atoms with Crippen molar-refractivity contribution in [3.05, 3.63) is 0 Å². The summed E-state index contributed by atoms with van der Waals surface area (Å²) in [7, 11) is 0. The van der Waals surface area contributed by atoms with Gasteiger partial charge < -0.3 is 37.6 Å². The van der Waals surface area contributed by atoms with Crippen LogP contribution < -0.4 is 37.6 Å². The predicted molar refractivity (Wildman–Crippen MR) is 148 cm³/mol. The summed E-state index contributed by atoms with van der Waals surface area (Å²) in [6, 6.07) is -1.34. The highest BCUT2D eigenvalue weighted by Gasteiger charge is 2.21. The molecule has 0 heterocycles. The van der Waals surface area contributed by atoms with Crippen LogP contribution in [0.5, 0.6) is 0 Å². The van der Waals surface area contributed by atoms with Crippen molar-refractivity contribution < 1.29 is 33.6 Å². The van der Waals surface area contributed by atoms with Crippen LogP contribution in [-0.2, 0) is 33.6 Å². The molecule has 0 unspecified atom stereocenters. The van der Waals surface area contributed by atoms with E-state index in [0.29, 0.717) is 0 Å². The standard InChI is InChI=1S/C26H47N7O7/c1-14(11-28-20(7)34)24(38)32-18(5)9-22(36)30-13-16(3)26(40)33-19(6)10-23(37)29-12-15(2)25(39)31-17(4)8-21(27)35/h14-19H,8-13H2,1-7H3,(H2,27,35)(H,28,34)(H,29,37)(H,30,36)(H,31,39)(H,32,38)(H,33,40)/t14-,15-,16-,17-,18-,19-/m0/s1. The third-order valence-corrected chi connectivity index (χ3v) is 5.87. The Morgan fingerprint density at radius 3 is 1.12 bits per heavy atom. The lowest BCUT2D eigenvalue weighted by Crippen LogP contribution is -2.45. The molecule has 14 heteroatoms. The zero-order chi connectivity index (χ0) is 31.0. The minimum atomic E-state index is -0.567. The number of rotatable bonds is 18. The van der Waals surface area contributed by atoms with Crippen molar-refractivity contribution in [2.45, 2.75) is 85.9 Å². The van der Waals surface area contributed by atoms with Crippen LogP contribution in [0.1, 0.15) is 67.7 Å². The molecule has 0 aromatic carbocycles. The summed E-state index contributed by atoms with van der Waals surface area (Å²) in [5, 5.41) is 16.0. The number of carbonyl (C=O) groups is 7. The van der Waals surface area contributed by atoms with E-state index in [1.165, 1.54) is 6.92 Å². The average molecular weight is 570 g/mol. The average Bonchev–Trinajstić information content (AvgIpc) is 2.83. The Kier molecular flexibility index (Phi) is 16.8. The molecule has 0 radical (unpaired) electrons. The molecule has 7 amide bonds. The molecule has 0 saturated carbocycles. The van der Waals surface area contributed by atoms with Crippen molar-refractivity contribution in [1.82, 2.24) is 31.9 Å². The summed E-state index contributed by atoms with van der Waals surface area (Å²) in [6.07, 6.45) is 0.0295. The van der Waals surface area contributed by atoms with E-state index in [1.807, 2.05) is 0 Å². The van der Waals surface area contributed by atoms with Gasteiger partial charge in [0.2, 0.25) is 41.4 Å². The topological polar surface area (TPSA) is 218 Å². The van der Waals surface area contributed by atoms with Gasteiger partial charge in [0.05, 0.1) is 17.8 Å². The molecule has 8 N–H and O–H groups in total. The van der Waals surface area contributed by atoms with Gasteiger partial charge in [0.1, 0.15) is 0 Å². The maximum Gasteiger partial charge on any atom is 0.224 e. The first-order valence-electron chi connectivity index (χ1n) is 13.5. The molecular formula is C26H47N7O7. The second kappa shape index (κ2) is 18.6. The maximum atomic E-state index is 12.5. The number of nitrogens with one attached hydrogen (secondary N) is 6. The van der Waals surface area contributed by atoms with Crippen molar-refractivity contribution >= 4 is 41.4 Å². The SMILES string of the molecule is CC(=O)NC[C@H](C)C(=O)N[C@@H](C)CC(=O)NC[C@H](C)C(=O)N[C@@H](C)CC(=O)NC[C@H](C)C(=O)N[C@@H](C)CC(N)=O. The quantitative estimate of drug-likeness (QED) is 0.103. The van der Waals surface area contributed by atoms with E-state index < -0.39 is 41.8 Å². The second-order valence-electron chi connectivity index (χ2n) is 10.6. The third-order valence-electron chi connectivity index (χ3n) is 5.87. The molecule has 14 nitrogen and oxygen atoms in total. The van der Waals surface area contributed by atoms with Crippen molar-refractivity contribution in [2.75, 3.05) is 19.6 Å². The molecule has 228 valence electrons. The summed E-state index contributed by atoms with van der Waals surface area (Å²) in [6.45, 7) is 11.7. The van der Waals surface area contributed by atoms with Gasteiger partial charge in [0.15, 0.2) is 0 Å². The molecule has 0 aromatic rings. The van der Waals surface area contributed by atoms with E-state index in [2.05, 4.69) is 31.9 Å². The number of hydrogen-bond acceptors (Lipinski definition) is 7. The van der Waals surface area contributed by atoms with Crippen molar-refractivity contribution in [3.63, 3.8) is 0 Å².